The van der Waals surface area contributed by atoms with Crippen LogP contribution in [0.25, 0.3) is 0 Å². The highest BCUT2D eigenvalue weighted by Gasteiger charge is 2.42. The highest BCUT2D eigenvalue weighted by molar-refractivity contribution is 5.85. The van der Waals surface area contributed by atoms with Crippen molar-refractivity contribution >= 4 is 11.9 Å². The van der Waals surface area contributed by atoms with E-state index in [1.54, 1.807) is 11.9 Å². The van der Waals surface area contributed by atoms with Gasteiger partial charge in [-0.05, 0) is 25.7 Å². The maximum Gasteiger partial charge on any atom is 0.230 e. The van der Waals surface area contributed by atoms with Crippen molar-refractivity contribution in [2.75, 3.05) is 27.7 Å². The minimum atomic E-state index is -0.307. The van der Waals surface area contributed by atoms with Gasteiger partial charge in [-0.2, -0.15) is 5.10 Å². The number of hydrogen-bond acceptors (Lipinski definition) is 3. The topological polar surface area (TPSA) is 74.5 Å². The normalized spacial score (nSPS) is 16.4. The van der Waals surface area contributed by atoms with Gasteiger partial charge in [-0.3, -0.25) is 14.5 Å². The van der Waals surface area contributed by atoms with E-state index in [9.17, 15) is 4.79 Å². The Labute approximate surface area is 163 Å². The minimum absolute atomic E-state index is 0.219. The Morgan fingerprint density at radius 2 is 1.89 bits per heavy atom. The second-order valence-corrected chi connectivity index (χ2v) is 7.67. The van der Waals surface area contributed by atoms with Crippen LogP contribution >= 0.6 is 0 Å². The summed E-state index contributed by atoms with van der Waals surface area (Å²) in [5.74, 6) is 0.956. The molecule has 0 spiro atoms. The van der Waals surface area contributed by atoms with Gasteiger partial charge in [-0.15, -0.1) is 0 Å². The molecule has 1 aromatic rings. The van der Waals surface area contributed by atoms with Gasteiger partial charge in [0.1, 0.15) is 0 Å². The smallest absolute Gasteiger partial charge is 0.230 e. The third kappa shape index (κ3) is 4.62. The zero-order valence-corrected chi connectivity index (χ0v) is 17.9. The van der Waals surface area contributed by atoms with Crippen LogP contribution in [0.3, 0.4) is 0 Å². The van der Waals surface area contributed by atoms with Crippen molar-refractivity contribution in [3.8, 4) is 0 Å². The van der Waals surface area contributed by atoms with Gasteiger partial charge in [0.2, 0.25) is 5.91 Å². The van der Waals surface area contributed by atoms with Gasteiger partial charge in [0.15, 0.2) is 5.96 Å². The molecular formula is C20H36N6O. The van der Waals surface area contributed by atoms with E-state index in [0.29, 0.717) is 13.1 Å². The summed E-state index contributed by atoms with van der Waals surface area (Å²) in [4.78, 5) is 18.8. The van der Waals surface area contributed by atoms with Crippen LogP contribution in [0.1, 0.15) is 56.5 Å². The largest absolute Gasteiger partial charge is 0.355 e. The lowest BCUT2D eigenvalue weighted by atomic mass is 9.84. The van der Waals surface area contributed by atoms with Crippen LogP contribution in [-0.2, 0) is 31.2 Å². The maximum atomic E-state index is 12.7. The SMILES string of the molecule is CCc1nn(C)c(CC)c1CNC(=NC)NCC1(C(=O)N(C)C)CCCC1. The Bertz CT molecular complexity index is 670. The molecular weight excluding hydrogens is 340 g/mol. The quantitative estimate of drug-likeness (QED) is 0.563. The molecule has 0 atom stereocenters. The minimum Gasteiger partial charge on any atom is -0.355 e. The van der Waals surface area contributed by atoms with E-state index in [1.165, 1.54) is 11.3 Å². The molecule has 1 fully saturated rings. The van der Waals surface area contributed by atoms with Gasteiger partial charge in [-0.1, -0.05) is 26.7 Å². The van der Waals surface area contributed by atoms with Crippen LogP contribution in [0, 0.1) is 5.41 Å². The molecule has 2 rings (SSSR count). The first kappa shape index (κ1) is 21.3. The second-order valence-electron chi connectivity index (χ2n) is 7.67. The van der Waals surface area contributed by atoms with E-state index in [4.69, 9.17) is 0 Å². The first-order valence-electron chi connectivity index (χ1n) is 10.1. The van der Waals surface area contributed by atoms with Crippen molar-refractivity contribution < 1.29 is 4.79 Å². The number of rotatable bonds is 7. The highest BCUT2D eigenvalue weighted by atomic mass is 16.2. The van der Waals surface area contributed by atoms with E-state index in [1.807, 2.05) is 25.8 Å². The number of amides is 1. The fourth-order valence-electron chi connectivity index (χ4n) is 4.23. The average molecular weight is 377 g/mol. The molecule has 27 heavy (non-hydrogen) atoms. The second kappa shape index (κ2) is 9.24. The van der Waals surface area contributed by atoms with Crippen molar-refractivity contribution in [2.24, 2.45) is 17.5 Å². The predicted octanol–water partition coefficient (Wildman–Crippen LogP) is 1.86. The number of guanidine groups is 1. The summed E-state index contributed by atoms with van der Waals surface area (Å²) in [5, 5.41) is 11.5. The summed E-state index contributed by atoms with van der Waals surface area (Å²) in [6.45, 7) is 5.60. The average Bonchev–Trinajstić information content (AvgIpc) is 3.25. The van der Waals surface area contributed by atoms with Crippen LogP contribution in [0.15, 0.2) is 4.99 Å². The molecule has 0 radical (unpaired) electrons. The number of carbonyl (C=O) groups excluding carboxylic acids is 1. The maximum absolute atomic E-state index is 12.7. The van der Waals surface area contributed by atoms with Crippen LogP contribution in [0.4, 0.5) is 0 Å². The summed E-state index contributed by atoms with van der Waals surface area (Å²) in [6, 6.07) is 0. The van der Waals surface area contributed by atoms with E-state index in [2.05, 4.69) is 34.6 Å². The molecule has 0 bridgehead atoms. The Hall–Kier alpha value is -2.05. The molecule has 1 aliphatic rings. The molecule has 1 heterocycles. The molecule has 7 heteroatoms. The zero-order valence-electron chi connectivity index (χ0n) is 17.9. The zero-order chi connectivity index (χ0) is 20.0. The van der Waals surface area contributed by atoms with Gasteiger partial charge < -0.3 is 15.5 Å². The lowest BCUT2D eigenvalue weighted by Gasteiger charge is -2.31. The van der Waals surface area contributed by atoms with Crippen LogP contribution < -0.4 is 10.6 Å². The third-order valence-corrected chi connectivity index (χ3v) is 5.70. The molecule has 0 saturated heterocycles. The van der Waals surface area contributed by atoms with Crippen molar-refractivity contribution in [2.45, 2.75) is 58.9 Å². The van der Waals surface area contributed by atoms with Crippen molar-refractivity contribution in [3.05, 3.63) is 17.0 Å². The highest BCUT2D eigenvalue weighted by Crippen LogP contribution is 2.38. The van der Waals surface area contributed by atoms with E-state index >= 15 is 0 Å². The van der Waals surface area contributed by atoms with E-state index in [-0.39, 0.29) is 11.3 Å². The standard InChI is InChI=1S/C20H36N6O/c1-7-16-15(17(8-2)26(6)24-16)13-22-19(21-3)23-14-20(11-9-10-12-20)18(27)25(4)5/h7-14H2,1-6H3,(H2,21,22,23). The van der Waals surface area contributed by atoms with Crippen molar-refractivity contribution in [3.63, 3.8) is 0 Å². The Kier molecular flexibility index (Phi) is 7.27. The summed E-state index contributed by atoms with van der Waals surface area (Å²) in [5.41, 5.74) is 3.33. The summed E-state index contributed by atoms with van der Waals surface area (Å²) in [7, 11) is 7.47. The summed E-state index contributed by atoms with van der Waals surface area (Å²) in [6.07, 6.45) is 5.98. The van der Waals surface area contributed by atoms with Crippen LogP contribution in [0.5, 0.6) is 0 Å². The fraction of sp³-hybridized carbons (Fsp3) is 0.750. The number of carbonyl (C=O) groups is 1. The van der Waals surface area contributed by atoms with Crippen molar-refractivity contribution in [1.82, 2.24) is 25.3 Å². The number of nitrogens with zero attached hydrogens (tertiary/aromatic N) is 4. The molecule has 0 aromatic carbocycles. The van der Waals surface area contributed by atoms with Gasteiger partial charge in [0, 0.05) is 52.5 Å². The third-order valence-electron chi connectivity index (χ3n) is 5.70. The van der Waals surface area contributed by atoms with Gasteiger partial charge >= 0.3 is 0 Å². The van der Waals surface area contributed by atoms with Crippen LogP contribution in [0.2, 0.25) is 0 Å². The lowest BCUT2D eigenvalue weighted by Crippen LogP contribution is -2.49. The molecule has 2 N–H and O–H groups in total. The number of aryl methyl sites for hydroxylation is 2. The first-order valence-corrected chi connectivity index (χ1v) is 10.1. The van der Waals surface area contributed by atoms with Gasteiger partial charge in [-0.25, -0.2) is 0 Å². The summed E-state index contributed by atoms with van der Waals surface area (Å²) >= 11 is 0. The van der Waals surface area contributed by atoms with Gasteiger partial charge in [0.25, 0.3) is 0 Å². The van der Waals surface area contributed by atoms with E-state index < -0.39 is 0 Å². The fourth-order valence-corrected chi connectivity index (χ4v) is 4.23. The molecule has 152 valence electrons. The number of hydrogen-bond donors (Lipinski definition) is 2. The Morgan fingerprint density at radius 1 is 1.22 bits per heavy atom. The molecule has 1 saturated carbocycles. The summed E-state index contributed by atoms with van der Waals surface area (Å²) < 4.78 is 1.98. The number of nitrogens with one attached hydrogen (secondary N) is 2. The van der Waals surface area contributed by atoms with Crippen molar-refractivity contribution in [1.29, 1.82) is 0 Å². The monoisotopic (exact) mass is 376 g/mol. The first-order chi connectivity index (χ1) is 12.9. The number of aromatic nitrogens is 2. The Morgan fingerprint density at radius 3 is 2.41 bits per heavy atom. The van der Waals surface area contributed by atoms with Crippen LogP contribution in [-0.4, -0.2) is 54.2 Å². The Balaban J connectivity index is 2.04. The molecule has 1 aliphatic carbocycles. The number of aliphatic imine (C=N–C) groups is 1. The molecule has 1 aromatic heterocycles. The molecule has 0 aliphatic heterocycles. The predicted molar refractivity (Wildman–Crippen MR) is 110 cm³/mol. The molecule has 7 nitrogen and oxygen atoms in total. The molecule has 0 unspecified atom stereocenters. The lowest BCUT2D eigenvalue weighted by molar-refractivity contribution is -0.138. The molecule has 1 amide bonds. The van der Waals surface area contributed by atoms with E-state index in [0.717, 1.165) is 50.2 Å². The van der Waals surface area contributed by atoms with Gasteiger partial charge in [0.05, 0.1) is 11.1 Å².